The number of anilines is 1. The Labute approximate surface area is 518 Å². The van der Waals surface area contributed by atoms with E-state index in [1.807, 2.05) is 44.2 Å². The number of pyridine rings is 2. The second-order valence-corrected chi connectivity index (χ2v) is 24.3. The Morgan fingerprint density at radius 2 is 1.52 bits per heavy atom. The molecule has 6 heterocycles. The Bertz CT molecular complexity index is 3420. The third-order valence-electron chi connectivity index (χ3n) is 16.1. The minimum Gasteiger partial charge on any atom is -0.462 e. The number of cyclic esters (lactones) is 1. The number of hydrogen-bond donors (Lipinski definition) is 11. The number of amides is 6. The number of carbonyl (C=O) groups is 8. The second-order valence-electron chi connectivity index (χ2n) is 23.9. The van der Waals surface area contributed by atoms with E-state index < -0.39 is 145 Å². The Balaban J connectivity index is 0.877. The molecule has 0 bridgehead atoms. The monoisotopic (exact) mass is 1250 g/mol. The molecule has 480 valence electrons. The number of aromatic nitrogens is 2. The number of likely N-dealkylation sites (tertiary alicyclic amines) is 1. The standard InChI is InChI=1S/C61H78N10O17S/c1-8-61(37-23-43-48-33(22-32-12-9-10-13-38(32)66-48)26-71(43)56(82)36(37)28-85-59(61)84)88-57(83)47(31(6)7)69-54(80)41(24-45(62)73)67-53(79)40(21-30(4)5)65-46(74)25-63-52(78)39(20-29(2)3)68-55(81)42-14-11-19-70(42)60(89)64-34-15-17-35(18-16-34)86-58-51(77)50(76)49(75)44(27-72)87-58/h9-10,12-13,15-18,22-23,29-31,39-42,44,47,49-51,58,72,75-77H,8,11,14,19-21,24-28H2,1-7H3,(H2,62,73)(H,63,78)(H,64,89)(H,65,74)(H,67,79)(H,68,81)(H,69,80)/t39-,40+,41+,42+,44+,47+,49-,50-,51-,58?,61?/m0/s1. The molecule has 0 radical (unpaired) electrons. The number of carbonyl (C=O) groups excluding carboxylic acids is 8. The van der Waals surface area contributed by atoms with E-state index in [0.29, 0.717) is 42.0 Å². The fourth-order valence-corrected chi connectivity index (χ4v) is 11.7. The topological polar surface area (TPSA) is 391 Å². The van der Waals surface area contributed by atoms with E-state index in [1.54, 1.807) is 57.7 Å². The number of ether oxygens (including phenoxy) is 4. The molecule has 12 N–H and O–H groups in total. The van der Waals surface area contributed by atoms with Crippen molar-refractivity contribution in [2.24, 2.45) is 23.5 Å². The Hall–Kier alpha value is -8.15. The van der Waals surface area contributed by atoms with E-state index in [-0.39, 0.29) is 66.2 Å². The van der Waals surface area contributed by atoms with Gasteiger partial charge in [-0.15, -0.1) is 0 Å². The molecule has 0 saturated carbocycles. The smallest absolute Gasteiger partial charge is 0.355 e. The third kappa shape index (κ3) is 15.1. The van der Waals surface area contributed by atoms with Crippen molar-refractivity contribution in [3.05, 3.63) is 87.7 Å². The molecule has 8 rings (SSSR count). The summed E-state index contributed by atoms with van der Waals surface area (Å²) >= 11 is 5.71. The van der Waals surface area contributed by atoms with Gasteiger partial charge in [0.05, 0.1) is 48.6 Å². The number of aliphatic hydroxyl groups excluding tert-OH is 4. The number of primary amides is 1. The Morgan fingerprint density at radius 1 is 0.843 bits per heavy atom. The van der Waals surface area contributed by atoms with Crippen molar-refractivity contribution in [2.75, 3.05) is 25.0 Å². The van der Waals surface area contributed by atoms with Crippen LogP contribution < -0.4 is 47.9 Å². The van der Waals surface area contributed by atoms with E-state index in [0.717, 1.165) is 10.9 Å². The summed E-state index contributed by atoms with van der Waals surface area (Å²) in [5.41, 5.74) is 6.07. The quantitative estimate of drug-likeness (QED) is 0.0293. The van der Waals surface area contributed by atoms with Crippen LogP contribution in [0, 0.1) is 17.8 Å². The van der Waals surface area contributed by atoms with E-state index in [2.05, 4.69) is 31.9 Å². The molecule has 6 amide bonds. The van der Waals surface area contributed by atoms with Crippen molar-refractivity contribution in [3.63, 3.8) is 0 Å². The predicted octanol–water partition coefficient (Wildman–Crippen LogP) is 0.350. The first kappa shape index (κ1) is 66.8. The molecule has 0 spiro atoms. The normalized spacial score (nSPS) is 22.4. The molecule has 2 aromatic heterocycles. The van der Waals surface area contributed by atoms with Gasteiger partial charge in [-0.3, -0.25) is 33.6 Å². The van der Waals surface area contributed by atoms with Crippen LogP contribution in [-0.4, -0.2) is 168 Å². The Morgan fingerprint density at radius 3 is 2.17 bits per heavy atom. The number of para-hydroxylation sites is 1. The van der Waals surface area contributed by atoms with Crippen molar-refractivity contribution in [1.29, 1.82) is 0 Å². The lowest BCUT2D eigenvalue weighted by molar-refractivity contribution is -0.277. The van der Waals surface area contributed by atoms with Crippen LogP contribution in [0.1, 0.15) is 104 Å². The first-order chi connectivity index (χ1) is 42.2. The van der Waals surface area contributed by atoms with Crippen LogP contribution in [0.15, 0.2) is 65.5 Å². The lowest BCUT2D eigenvalue weighted by Gasteiger charge is -2.39. The summed E-state index contributed by atoms with van der Waals surface area (Å²) in [5.74, 6) is -7.83. The summed E-state index contributed by atoms with van der Waals surface area (Å²) in [6, 6.07) is 10.9. The van der Waals surface area contributed by atoms with Crippen molar-refractivity contribution in [3.8, 4) is 17.1 Å². The molecule has 28 heteroatoms. The third-order valence-corrected chi connectivity index (χ3v) is 16.4. The molecule has 11 atom stereocenters. The highest BCUT2D eigenvalue weighted by molar-refractivity contribution is 7.80. The molecule has 0 aliphatic carbocycles. The van der Waals surface area contributed by atoms with Crippen LogP contribution in [0.3, 0.4) is 0 Å². The van der Waals surface area contributed by atoms with Crippen molar-refractivity contribution >= 4 is 81.3 Å². The minimum absolute atomic E-state index is 0.0188. The fraction of sp³-hybridized carbons (Fsp3) is 0.525. The summed E-state index contributed by atoms with van der Waals surface area (Å²) in [4.78, 5) is 131. The molecule has 2 saturated heterocycles. The largest absolute Gasteiger partial charge is 0.462 e. The number of benzene rings is 2. The van der Waals surface area contributed by atoms with E-state index >= 15 is 0 Å². The highest BCUT2D eigenvalue weighted by atomic mass is 32.1. The molecule has 4 aliphatic rings. The Kier molecular flexibility index (Phi) is 21.4. The average Bonchev–Trinajstić information content (AvgIpc) is 1.70. The van der Waals surface area contributed by atoms with Gasteiger partial charge in [-0.05, 0) is 105 Å². The zero-order chi connectivity index (χ0) is 64.8. The van der Waals surface area contributed by atoms with Crippen molar-refractivity contribution < 1.29 is 77.7 Å². The number of nitrogens with zero attached hydrogens (tertiary/aromatic N) is 3. The zero-order valence-corrected chi connectivity index (χ0v) is 51.3. The summed E-state index contributed by atoms with van der Waals surface area (Å²) in [5, 5.41) is 57.3. The summed E-state index contributed by atoms with van der Waals surface area (Å²) in [6.45, 7) is 10.9. The number of rotatable bonds is 24. The second kappa shape index (κ2) is 28.6. The van der Waals surface area contributed by atoms with Gasteiger partial charge < -0.3 is 86.5 Å². The van der Waals surface area contributed by atoms with Gasteiger partial charge in [0.25, 0.3) is 5.56 Å². The summed E-state index contributed by atoms with van der Waals surface area (Å²) in [7, 11) is 0. The van der Waals surface area contributed by atoms with E-state index in [4.69, 9.17) is 41.9 Å². The van der Waals surface area contributed by atoms with Gasteiger partial charge in [-0.2, -0.15) is 0 Å². The zero-order valence-electron chi connectivity index (χ0n) is 50.5. The number of esters is 2. The first-order valence-corrected chi connectivity index (χ1v) is 30.1. The summed E-state index contributed by atoms with van der Waals surface area (Å²) in [6.07, 6.45) is -7.07. The predicted molar refractivity (Wildman–Crippen MR) is 323 cm³/mol. The minimum atomic E-state index is -2.14. The van der Waals surface area contributed by atoms with Gasteiger partial charge in [-0.1, -0.05) is 66.7 Å². The number of thiocarbonyl (C=S) groups is 1. The van der Waals surface area contributed by atoms with Crippen LogP contribution in [0.5, 0.6) is 5.75 Å². The lowest BCUT2D eigenvalue weighted by atomic mass is 9.85. The van der Waals surface area contributed by atoms with Gasteiger partial charge in [0, 0.05) is 28.7 Å². The molecule has 2 fully saturated rings. The number of nitrogens with two attached hydrogens (primary N) is 1. The maximum Gasteiger partial charge on any atom is 0.355 e. The highest BCUT2D eigenvalue weighted by Crippen LogP contribution is 2.41. The van der Waals surface area contributed by atoms with Crippen molar-refractivity contribution in [1.82, 2.24) is 41.0 Å². The molecule has 4 aromatic rings. The van der Waals surface area contributed by atoms with Crippen LogP contribution in [0.4, 0.5) is 5.69 Å². The highest BCUT2D eigenvalue weighted by Gasteiger charge is 2.52. The number of hydrogen-bond acceptors (Lipinski definition) is 19. The van der Waals surface area contributed by atoms with Crippen LogP contribution >= 0.6 is 12.2 Å². The number of fused-ring (bicyclic) bond motifs is 5. The lowest BCUT2D eigenvalue weighted by Crippen LogP contribution is -2.60. The number of nitrogens with one attached hydrogen (secondary N) is 6. The molecular formula is C61H78N10O17S. The molecule has 4 aliphatic heterocycles. The van der Waals surface area contributed by atoms with Gasteiger partial charge in [-0.25, -0.2) is 14.6 Å². The molecule has 27 nitrogen and oxygen atoms in total. The van der Waals surface area contributed by atoms with Gasteiger partial charge >= 0.3 is 11.9 Å². The van der Waals surface area contributed by atoms with E-state index in [1.165, 1.54) is 16.7 Å². The van der Waals surface area contributed by atoms with Crippen molar-refractivity contribution in [2.45, 2.75) is 167 Å². The molecule has 2 unspecified atom stereocenters. The SMILES string of the molecule is CCC1(OC(=O)[C@H](NC(=O)[C@@H](CC(N)=O)NC(=O)[C@@H](CC(C)C)NC(=O)CNC(=O)[C@H](CC(C)C)NC(=O)[C@H]2CCCN2C(=S)Nc2ccc(OC3O[C@H](CO)[C@H](O)[C@H](O)[C@@H]3O)cc2)C(C)C)C(=O)OCc2c1cc1n(c2=O)Cc2cc3ccccc3nc2-1. The van der Waals surface area contributed by atoms with Crippen LogP contribution in [0.2, 0.25) is 0 Å². The average molecular weight is 1260 g/mol. The fourth-order valence-electron chi connectivity index (χ4n) is 11.4. The maximum absolute atomic E-state index is 14.4. The van der Waals surface area contributed by atoms with Gasteiger partial charge in [0.15, 0.2) is 5.11 Å². The van der Waals surface area contributed by atoms with Crippen LogP contribution in [0.25, 0.3) is 22.3 Å². The van der Waals surface area contributed by atoms with Gasteiger partial charge in [0.1, 0.15) is 67.0 Å². The van der Waals surface area contributed by atoms with E-state index in [9.17, 15) is 63.6 Å². The number of aliphatic hydroxyl groups is 4. The molecule has 2 aromatic carbocycles. The molecular weight excluding hydrogens is 1180 g/mol. The first-order valence-electron chi connectivity index (χ1n) is 29.7. The maximum atomic E-state index is 14.4. The molecule has 89 heavy (non-hydrogen) atoms. The van der Waals surface area contributed by atoms with Gasteiger partial charge in [0.2, 0.25) is 47.3 Å². The summed E-state index contributed by atoms with van der Waals surface area (Å²) < 4.78 is 24.3. The van der Waals surface area contributed by atoms with Crippen LogP contribution in [-0.2, 0) is 71.3 Å².